The van der Waals surface area contributed by atoms with Crippen LogP contribution in [0.4, 0.5) is 0 Å². The second-order valence-electron chi connectivity index (χ2n) is 12.8. The molecule has 0 aliphatic heterocycles. The fourth-order valence-corrected chi connectivity index (χ4v) is 4.58. The molecule has 9 amide bonds. The highest BCUT2D eigenvalue weighted by Gasteiger charge is 2.32. The van der Waals surface area contributed by atoms with Crippen LogP contribution in [0.5, 0.6) is 0 Å². The van der Waals surface area contributed by atoms with E-state index < -0.39 is 153 Å². The molecule has 0 fully saturated rings. The number of hydrogen-bond donors (Lipinski definition) is 15. The summed E-state index contributed by atoms with van der Waals surface area (Å²) in [6.45, 7) is -0.185. The van der Waals surface area contributed by atoms with Gasteiger partial charge in [0.2, 0.25) is 53.2 Å². The fraction of sp³-hybridized carbons (Fsp3) is 0.656. The average Bonchev–Trinajstić information content (AvgIpc) is 3.14. The van der Waals surface area contributed by atoms with Crippen LogP contribution in [0.25, 0.3) is 0 Å². The average molecular weight is 834 g/mol. The molecule has 0 aliphatic carbocycles. The Morgan fingerprint density at radius 3 is 1.50 bits per heavy atom. The maximum atomic E-state index is 12.9. The summed E-state index contributed by atoms with van der Waals surface area (Å²) in [6, 6.07) is -7.40. The van der Waals surface area contributed by atoms with Crippen molar-refractivity contribution in [2.24, 2.45) is 17.2 Å². The van der Waals surface area contributed by atoms with Crippen LogP contribution >= 0.6 is 0 Å². The summed E-state index contributed by atoms with van der Waals surface area (Å²) in [6.07, 6.45) is -3.73. The van der Waals surface area contributed by atoms with Gasteiger partial charge in [-0.15, -0.1) is 0 Å². The summed E-state index contributed by atoms with van der Waals surface area (Å²) < 4.78 is 0. The Morgan fingerprint density at radius 1 is 0.517 bits per heavy atom. The molecule has 18 N–H and O–H groups in total. The van der Waals surface area contributed by atoms with Gasteiger partial charge in [-0.25, -0.2) is 0 Å². The molecule has 0 saturated carbocycles. The number of carboxylic acids is 2. The molecule has 0 bridgehead atoms. The molecule has 58 heavy (non-hydrogen) atoms. The second-order valence-corrected chi connectivity index (χ2v) is 12.8. The number of aliphatic carboxylic acids is 2. The van der Waals surface area contributed by atoms with Gasteiger partial charge < -0.3 is 80.2 Å². The van der Waals surface area contributed by atoms with E-state index in [2.05, 4.69) is 42.5 Å². The van der Waals surface area contributed by atoms with Crippen molar-refractivity contribution in [3.8, 4) is 0 Å². The molecule has 0 rings (SSSR count). The van der Waals surface area contributed by atoms with Crippen LogP contribution in [0.1, 0.15) is 58.8 Å². The zero-order chi connectivity index (χ0) is 44.5. The number of nitrogens with one attached hydrogen (secondary N) is 8. The zero-order valence-electron chi connectivity index (χ0n) is 32.0. The van der Waals surface area contributed by atoms with Gasteiger partial charge in [-0.3, -0.25) is 52.7 Å². The number of unbranched alkanes of at least 4 members (excludes halogenated alkanes) is 1. The van der Waals surface area contributed by atoms with E-state index in [4.69, 9.17) is 27.4 Å². The molecule has 328 valence electrons. The van der Waals surface area contributed by atoms with Gasteiger partial charge in [0.1, 0.15) is 24.2 Å². The Balaban J connectivity index is 5.14. The number of hydrogen-bond acceptors (Lipinski definition) is 15. The van der Waals surface area contributed by atoms with Crippen molar-refractivity contribution in [3.63, 3.8) is 0 Å². The third-order valence-corrected chi connectivity index (χ3v) is 7.79. The molecule has 26 nitrogen and oxygen atoms in total. The third-order valence-electron chi connectivity index (χ3n) is 7.79. The molecule has 0 saturated heterocycles. The first kappa shape index (κ1) is 52.0. The number of carboxylic acid groups (broad SMARTS) is 2. The molecule has 0 aromatic rings. The van der Waals surface area contributed by atoms with Crippen LogP contribution in [-0.4, -0.2) is 161 Å². The molecule has 0 unspecified atom stereocenters. The van der Waals surface area contributed by atoms with E-state index >= 15 is 0 Å². The van der Waals surface area contributed by atoms with E-state index in [0.29, 0.717) is 19.4 Å². The fourth-order valence-electron chi connectivity index (χ4n) is 4.58. The number of amides is 9. The number of rotatable bonds is 29. The standard InChI is InChI=1S/C32H55N11O15/c1-15(44)26(31(57)39-12-21(47)36-11-20(46)37-13-22(48)40-18(28(35)54)5-3-4-10-33)42-23(49)14-38-30(56)19(7-9-25(52)53)41-32(58)27(16(2)45)43-29(55)17(34)6-8-24(50)51/h15-19,26-27,44-45H,3-14,33-34H2,1-2H3,(H2,35,54)(H,36,47)(H,37,46)(H,38,56)(H,39,57)(H,40,48)(H,41,58)(H,42,49)(H,43,55)(H,50,51)(H,52,53)/t15-,16-,17+,18+,19+,26+,27+/m1/s1. The lowest BCUT2D eigenvalue weighted by Gasteiger charge is -2.25. The van der Waals surface area contributed by atoms with Gasteiger partial charge in [0.05, 0.1) is 44.4 Å². The summed E-state index contributed by atoms with van der Waals surface area (Å²) in [7, 11) is 0. The topological polar surface area (TPSA) is 443 Å². The molecule has 0 heterocycles. The van der Waals surface area contributed by atoms with Crippen LogP contribution in [0, 0.1) is 0 Å². The van der Waals surface area contributed by atoms with Crippen molar-refractivity contribution in [3.05, 3.63) is 0 Å². The minimum absolute atomic E-state index is 0.247. The maximum absolute atomic E-state index is 12.9. The van der Waals surface area contributed by atoms with E-state index in [1.807, 2.05) is 0 Å². The quantitative estimate of drug-likeness (QED) is 0.0311. The lowest BCUT2D eigenvalue weighted by molar-refractivity contribution is -0.138. The highest BCUT2D eigenvalue weighted by atomic mass is 16.4. The number of nitrogens with two attached hydrogens (primary N) is 3. The number of aliphatic hydroxyl groups excluding tert-OH is 2. The summed E-state index contributed by atoms with van der Waals surface area (Å²) in [5, 5.41) is 55.5. The van der Waals surface area contributed by atoms with E-state index in [1.54, 1.807) is 0 Å². The second kappa shape index (κ2) is 27.6. The zero-order valence-corrected chi connectivity index (χ0v) is 32.0. The van der Waals surface area contributed by atoms with Crippen LogP contribution in [0.15, 0.2) is 0 Å². The predicted octanol–water partition coefficient (Wildman–Crippen LogP) is -8.18. The Labute approximate surface area is 331 Å². The van der Waals surface area contributed by atoms with Crippen LogP contribution in [0.3, 0.4) is 0 Å². The highest BCUT2D eigenvalue weighted by Crippen LogP contribution is 2.04. The van der Waals surface area contributed by atoms with Gasteiger partial charge in [0.15, 0.2) is 0 Å². The van der Waals surface area contributed by atoms with E-state index in [-0.39, 0.29) is 12.8 Å². The number of carbonyl (C=O) groups excluding carboxylic acids is 9. The minimum Gasteiger partial charge on any atom is -0.481 e. The molecule has 0 aromatic heterocycles. The Hall–Kier alpha value is -5.99. The van der Waals surface area contributed by atoms with E-state index in [9.17, 15) is 63.0 Å². The van der Waals surface area contributed by atoms with Crippen molar-refractivity contribution < 1.29 is 73.2 Å². The highest BCUT2D eigenvalue weighted by molar-refractivity contribution is 5.96. The molecule has 0 radical (unpaired) electrons. The maximum Gasteiger partial charge on any atom is 0.303 e. The van der Waals surface area contributed by atoms with Gasteiger partial charge in [0.25, 0.3) is 0 Å². The first-order valence-electron chi connectivity index (χ1n) is 17.9. The molecule has 26 heteroatoms. The number of carbonyl (C=O) groups is 11. The predicted molar refractivity (Wildman–Crippen MR) is 197 cm³/mol. The summed E-state index contributed by atoms with van der Waals surface area (Å²) >= 11 is 0. The molecule has 7 atom stereocenters. The normalized spacial score (nSPS) is 14.3. The molecule has 0 aliphatic rings. The molecule has 0 spiro atoms. The van der Waals surface area contributed by atoms with Gasteiger partial charge in [0, 0.05) is 12.8 Å². The smallest absolute Gasteiger partial charge is 0.303 e. The van der Waals surface area contributed by atoms with Crippen LogP contribution in [0.2, 0.25) is 0 Å². The van der Waals surface area contributed by atoms with E-state index in [0.717, 1.165) is 13.8 Å². The van der Waals surface area contributed by atoms with Crippen molar-refractivity contribution in [2.45, 2.75) is 101 Å². The minimum atomic E-state index is -1.73. The van der Waals surface area contributed by atoms with Crippen LogP contribution < -0.4 is 59.7 Å². The lowest BCUT2D eigenvalue weighted by atomic mass is 10.1. The third kappa shape index (κ3) is 22.5. The lowest BCUT2D eigenvalue weighted by Crippen LogP contribution is -2.59. The monoisotopic (exact) mass is 833 g/mol. The van der Waals surface area contributed by atoms with Crippen molar-refractivity contribution in [1.82, 2.24) is 42.5 Å². The molecular weight excluding hydrogens is 778 g/mol. The van der Waals surface area contributed by atoms with Crippen molar-refractivity contribution in [2.75, 3.05) is 32.7 Å². The largest absolute Gasteiger partial charge is 0.481 e. The number of aliphatic hydroxyl groups is 2. The van der Waals surface area contributed by atoms with Gasteiger partial charge >= 0.3 is 11.9 Å². The van der Waals surface area contributed by atoms with E-state index in [1.165, 1.54) is 0 Å². The van der Waals surface area contributed by atoms with Crippen molar-refractivity contribution >= 4 is 65.1 Å². The Kier molecular flexibility index (Phi) is 24.7. The van der Waals surface area contributed by atoms with Crippen LogP contribution in [-0.2, 0) is 52.7 Å². The molecular formula is C32H55N11O15. The first-order chi connectivity index (χ1) is 27.1. The Bertz CT molecular complexity index is 1480. The van der Waals surface area contributed by atoms with Crippen molar-refractivity contribution in [1.29, 1.82) is 0 Å². The van der Waals surface area contributed by atoms with Gasteiger partial charge in [-0.1, -0.05) is 0 Å². The summed E-state index contributed by atoms with van der Waals surface area (Å²) in [4.78, 5) is 133. The molecule has 0 aromatic carbocycles. The summed E-state index contributed by atoms with van der Waals surface area (Å²) in [5.74, 6) is -11.2. The first-order valence-corrected chi connectivity index (χ1v) is 17.9. The summed E-state index contributed by atoms with van der Waals surface area (Å²) in [5.41, 5.74) is 16.3. The van der Waals surface area contributed by atoms with Gasteiger partial charge in [-0.05, 0) is 52.5 Å². The number of primary amides is 1. The van der Waals surface area contributed by atoms with Gasteiger partial charge in [-0.2, -0.15) is 0 Å². The Morgan fingerprint density at radius 2 is 0.983 bits per heavy atom. The SMILES string of the molecule is C[C@@H](O)[C@H](NC(=O)CNC(=O)[C@H](CCC(=O)O)NC(=O)[C@@H](NC(=O)[C@@H](N)CCC(=O)O)[C@@H](C)O)C(=O)NCC(=O)NCC(=O)NCC(=O)N[C@@H](CCCCN)C(N)=O.